The molecule has 1 aliphatic rings. The van der Waals surface area contributed by atoms with Gasteiger partial charge in [0.1, 0.15) is 0 Å². The molecule has 0 amide bonds. The molecule has 0 radical (unpaired) electrons. The van der Waals surface area contributed by atoms with Crippen molar-refractivity contribution in [2.45, 2.75) is 32.5 Å². The quantitative estimate of drug-likeness (QED) is 0.612. The van der Waals surface area contributed by atoms with Gasteiger partial charge in [0.05, 0.1) is 24.1 Å². The van der Waals surface area contributed by atoms with Gasteiger partial charge in [-0.05, 0) is 25.0 Å². The summed E-state index contributed by atoms with van der Waals surface area (Å²) in [6.07, 6.45) is -0.917. The Morgan fingerprint density at radius 3 is 2.65 bits per heavy atom. The van der Waals surface area contributed by atoms with Gasteiger partial charge in [0.25, 0.3) is 0 Å². The number of aliphatic imine (C=N–C) groups is 1. The Morgan fingerprint density at radius 2 is 2.09 bits per heavy atom. The van der Waals surface area contributed by atoms with Gasteiger partial charge >= 0.3 is 0 Å². The van der Waals surface area contributed by atoms with Crippen LogP contribution in [0.3, 0.4) is 0 Å². The lowest BCUT2D eigenvalue weighted by Gasteiger charge is -2.22. The number of benzene rings is 1. The molecule has 1 fully saturated rings. The number of halogens is 1. The molecule has 1 aliphatic heterocycles. The fourth-order valence-corrected chi connectivity index (χ4v) is 2.45. The highest BCUT2D eigenvalue weighted by molar-refractivity contribution is 5.89. The van der Waals surface area contributed by atoms with Crippen LogP contribution in [0.5, 0.6) is 0 Å². The monoisotopic (exact) mass is 312 g/mol. The van der Waals surface area contributed by atoms with Crippen LogP contribution < -0.4 is 0 Å². The van der Waals surface area contributed by atoms with Crippen molar-refractivity contribution in [1.82, 2.24) is 5.01 Å². The fraction of sp³-hybridized carbons (Fsp3) is 0.389. The lowest BCUT2D eigenvalue weighted by Crippen LogP contribution is -2.26. The van der Waals surface area contributed by atoms with E-state index in [4.69, 9.17) is 5.26 Å². The first kappa shape index (κ1) is 16.9. The number of hydrogen-bond donors (Lipinski definition) is 0. The fourth-order valence-electron chi connectivity index (χ4n) is 2.45. The maximum absolute atomic E-state index is 14.4. The molecule has 0 aromatic heterocycles. The molecule has 4 nitrogen and oxygen atoms in total. The van der Waals surface area contributed by atoms with E-state index in [1.165, 1.54) is 5.01 Å². The first-order valence-corrected chi connectivity index (χ1v) is 7.49. The van der Waals surface area contributed by atoms with Crippen molar-refractivity contribution in [3.05, 3.63) is 48.0 Å². The predicted octanol–water partition coefficient (Wildman–Crippen LogP) is 3.89. The zero-order chi connectivity index (χ0) is 17.0. The molecular weight excluding hydrogens is 291 g/mol. The third-order valence-electron chi connectivity index (χ3n) is 4.17. The highest BCUT2D eigenvalue weighted by Crippen LogP contribution is 2.35. The molecule has 5 heteroatoms. The molecule has 0 bridgehead atoms. The Bertz CT molecular complexity index is 657. The lowest BCUT2D eigenvalue weighted by molar-refractivity contribution is 0.346. The van der Waals surface area contributed by atoms with E-state index in [0.29, 0.717) is 5.57 Å². The Morgan fingerprint density at radius 1 is 1.43 bits per heavy atom. The zero-order valence-electron chi connectivity index (χ0n) is 13.5. The first-order valence-electron chi connectivity index (χ1n) is 7.49. The molecule has 2 unspecified atom stereocenters. The maximum Gasteiger partial charge on any atom is 0.161 e. The van der Waals surface area contributed by atoms with E-state index in [9.17, 15) is 4.39 Å². The summed E-state index contributed by atoms with van der Waals surface area (Å²) in [6, 6.07) is 11.6. The molecule has 1 aromatic carbocycles. The average Bonchev–Trinajstić information content (AvgIpc) is 2.89. The van der Waals surface area contributed by atoms with Gasteiger partial charge in [0, 0.05) is 13.1 Å². The smallest absolute Gasteiger partial charge is 0.161 e. The lowest BCUT2D eigenvalue weighted by atomic mass is 9.87. The second-order valence-electron chi connectivity index (χ2n) is 6.13. The second-order valence-corrected chi connectivity index (χ2v) is 6.13. The van der Waals surface area contributed by atoms with Gasteiger partial charge in [0.15, 0.2) is 12.0 Å². The SMILES string of the molecule is C=NN1C(=NCC(=C)C(C)(C)C#N)C(F)CC1c1ccccc1. The van der Waals surface area contributed by atoms with Crippen LogP contribution in [-0.2, 0) is 0 Å². The Kier molecular flexibility index (Phi) is 4.95. The highest BCUT2D eigenvalue weighted by Gasteiger charge is 2.38. The maximum atomic E-state index is 14.4. The van der Waals surface area contributed by atoms with E-state index in [1.807, 2.05) is 30.3 Å². The Hall–Kier alpha value is -2.48. The minimum Gasteiger partial charge on any atom is -0.264 e. The van der Waals surface area contributed by atoms with Gasteiger partial charge in [-0.25, -0.2) is 9.40 Å². The largest absolute Gasteiger partial charge is 0.264 e. The third-order valence-corrected chi connectivity index (χ3v) is 4.17. The summed E-state index contributed by atoms with van der Waals surface area (Å²) in [5.41, 5.74) is 0.926. The molecule has 0 spiro atoms. The second kappa shape index (κ2) is 6.74. The molecule has 1 saturated heterocycles. The number of nitriles is 1. The van der Waals surface area contributed by atoms with Crippen molar-refractivity contribution >= 4 is 12.6 Å². The number of hydrogen-bond acceptors (Lipinski definition) is 3. The minimum absolute atomic E-state index is 0.198. The molecule has 0 N–H and O–H groups in total. The summed E-state index contributed by atoms with van der Waals surface area (Å²) >= 11 is 0. The average molecular weight is 312 g/mol. The van der Waals surface area contributed by atoms with Crippen LogP contribution in [0, 0.1) is 16.7 Å². The van der Waals surface area contributed by atoms with Crippen LogP contribution in [0.1, 0.15) is 31.9 Å². The summed E-state index contributed by atoms with van der Waals surface area (Å²) in [7, 11) is 0. The number of amidine groups is 1. The summed E-state index contributed by atoms with van der Waals surface area (Å²) < 4.78 is 14.4. The van der Waals surface area contributed by atoms with Crippen LogP contribution in [0.25, 0.3) is 0 Å². The normalized spacial score (nSPS) is 22.9. The number of rotatable bonds is 5. The van der Waals surface area contributed by atoms with Gasteiger partial charge in [-0.2, -0.15) is 10.4 Å². The molecule has 2 atom stereocenters. The van der Waals surface area contributed by atoms with Crippen LogP contribution in [0.2, 0.25) is 0 Å². The van der Waals surface area contributed by atoms with Crippen molar-refractivity contribution in [3.63, 3.8) is 0 Å². The summed E-state index contributed by atoms with van der Waals surface area (Å²) in [5.74, 6) is 0.253. The third kappa shape index (κ3) is 3.48. The summed E-state index contributed by atoms with van der Waals surface area (Å²) in [4.78, 5) is 4.33. The molecule has 0 aliphatic carbocycles. The molecular formula is C18H21FN4. The standard InChI is InChI=1S/C18H21FN4/c1-13(18(2,3)12-20)11-22-17-15(19)10-16(23(17)21-4)14-8-6-5-7-9-14/h5-9,15-16H,1,4,10-11H2,2-3H3. The van der Waals surface area contributed by atoms with Gasteiger partial charge in [-0.1, -0.05) is 36.9 Å². The Balaban J connectivity index is 2.22. The van der Waals surface area contributed by atoms with E-state index in [2.05, 4.69) is 29.5 Å². The van der Waals surface area contributed by atoms with Gasteiger partial charge < -0.3 is 0 Å². The van der Waals surface area contributed by atoms with Gasteiger partial charge in [-0.15, -0.1) is 0 Å². The molecule has 1 heterocycles. The molecule has 2 rings (SSSR count). The van der Waals surface area contributed by atoms with E-state index < -0.39 is 11.6 Å². The van der Waals surface area contributed by atoms with Gasteiger partial charge in [-0.3, -0.25) is 4.99 Å². The van der Waals surface area contributed by atoms with Crippen molar-refractivity contribution < 1.29 is 4.39 Å². The minimum atomic E-state index is -1.20. The Labute approximate surface area is 136 Å². The van der Waals surface area contributed by atoms with Gasteiger partial charge in [0.2, 0.25) is 0 Å². The highest BCUT2D eigenvalue weighted by atomic mass is 19.1. The van der Waals surface area contributed by atoms with Crippen LogP contribution >= 0.6 is 0 Å². The molecule has 0 saturated carbocycles. The van der Waals surface area contributed by atoms with Crippen molar-refractivity contribution in [2.24, 2.45) is 15.5 Å². The van der Waals surface area contributed by atoms with Crippen molar-refractivity contribution in [3.8, 4) is 6.07 Å². The summed E-state index contributed by atoms with van der Waals surface area (Å²) in [5, 5.41) is 14.6. The van der Waals surface area contributed by atoms with E-state index in [0.717, 1.165) is 5.56 Å². The zero-order valence-corrected chi connectivity index (χ0v) is 13.5. The molecule has 120 valence electrons. The number of hydrazone groups is 1. The molecule has 23 heavy (non-hydrogen) atoms. The van der Waals surface area contributed by atoms with Crippen LogP contribution in [-0.4, -0.2) is 30.3 Å². The topological polar surface area (TPSA) is 51.8 Å². The van der Waals surface area contributed by atoms with Crippen molar-refractivity contribution in [1.29, 1.82) is 5.26 Å². The first-order chi connectivity index (χ1) is 10.9. The predicted molar refractivity (Wildman–Crippen MR) is 90.9 cm³/mol. The number of alkyl halides is 1. The van der Waals surface area contributed by atoms with Crippen molar-refractivity contribution in [2.75, 3.05) is 6.54 Å². The van der Waals surface area contributed by atoms with E-state index >= 15 is 0 Å². The van der Waals surface area contributed by atoms with E-state index in [-0.39, 0.29) is 24.8 Å². The van der Waals surface area contributed by atoms with E-state index in [1.54, 1.807) is 13.8 Å². The molecule has 1 aromatic rings. The summed E-state index contributed by atoms with van der Waals surface area (Å²) in [6.45, 7) is 11.2. The van der Waals surface area contributed by atoms with Crippen LogP contribution in [0.15, 0.2) is 52.6 Å². The number of nitrogens with zero attached hydrogens (tertiary/aromatic N) is 4. The van der Waals surface area contributed by atoms with Crippen LogP contribution in [0.4, 0.5) is 4.39 Å².